The Balaban J connectivity index is 2.27. The van der Waals surface area contributed by atoms with Gasteiger partial charge in [-0.15, -0.1) is 0 Å². The van der Waals surface area contributed by atoms with Gasteiger partial charge in [0.1, 0.15) is 5.82 Å². The molecule has 0 saturated carbocycles. The summed E-state index contributed by atoms with van der Waals surface area (Å²) in [7, 11) is 0. The summed E-state index contributed by atoms with van der Waals surface area (Å²) in [6.07, 6.45) is -1.29. The fraction of sp³-hybridized carbons (Fsp3) is 0.0667. The second-order valence-electron chi connectivity index (χ2n) is 4.22. The molecule has 108 valence electrons. The molecule has 0 aliphatic heterocycles. The molecule has 2 N–H and O–H groups in total. The molecular weight excluding hydrogens is 297 g/mol. The predicted molar refractivity (Wildman–Crippen MR) is 75.2 cm³/mol. The number of benzene rings is 2. The van der Waals surface area contributed by atoms with Crippen molar-refractivity contribution in [3.05, 3.63) is 70.5 Å². The number of carbonyl (C=O) groups excluding carboxylic acids is 2. The lowest BCUT2D eigenvalue weighted by Gasteiger charge is -2.15. The van der Waals surface area contributed by atoms with Gasteiger partial charge in [0.05, 0.1) is 5.56 Å². The van der Waals surface area contributed by atoms with E-state index < -0.39 is 23.8 Å². The number of hydrogen-bond donors (Lipinski definition) is 1. The summed E-state index contributed by atoms with van der Waals surface area (Å²) in [5.41, 5.74) is 5.27. The highest BCUT2D eigenvalue weighted by Crippen LogP contribution is 2.21. The first kappa shape index (κ1) is 15.0. The third-order valence-electron chi connectivity index (χ3n) is 2.73. The monoisotopic (exact) mass is 307 g/mol. The van der Waals surface area contributed by atoms with Crippen LogP contribution >= 0.6 is 11.6 Å². The summed E-state index contributed by atoms with van der Waals surface area (Å²) in [6, 6.07) is 11.7. The van der Waals surface area contributed by atoms with E-state index in [-0.39, 0.29) is 10.6 Å². The van der Waals surface area contributed by atoms with E-state index in [1.165, 1.54) is 6.07 Å². The second kappa shape index (κ2) is 6.37. The van der Waals surface area contributed by atoms with Crippen molar-refractivity contribution in [1.82, 2.24) is 0 Å². The van der Waals surface area contributed by atoms with Crippen molar-refractivity contribution in [2.45, 2.75) is 6.10 Å². The van der Waals surface area contributed by atoms with E-state index in [0.717, 1.165) is 12.1 Å². The quantitative estimate of drug-likeness (QED) is 0.883. The summed E-state index contributed by atoms with van der Waals surface area (Å²) in [5.74, 6) is -2.65. The van der Waals surface area contributed by atoms with Crippen molar-refractivity contribution >= 4 is 23.5 Å². The minimum atomic E-state index is -1.29. The highest BCUT2D eigenvalue weighted by atomic mass is 35.5. The van der Waals surface area contributed by atoms with Crippen LogP contribution in [0.15, 0.2) is 48.5 Å². The molecule has 1 atom stereocenters. The molecule has 0 saturated heterocycles. The number of amides is 1. The lowest BCUT2D eigenvalue weighted by molar-refractivity contribution is -0.127. The van der Waals surface area contributed by atoms with Crippen LogP contribution in [0.5, 0.6) is 0 Å². The van der Waals surface area contributed by atoms with Crippen molar-refractivity contribution < 1.29 is 18.7 Å². The molecule has 2 rings (SSSR count). The summed E-state index contributed by atoms with van der Waals surface area (Å²) >= 11 is 5.71. The van der Waals surface area contributed by atoms with E-state index in [4.69, 9.17) is 22.1 Å². The molecule has 21 heavy (non-hydrogen) atoms. The topological polar surface area (TPSA) is 69.4 Å². The number of hydrogen-bond acceptors (Lipinski definition) is 3. The van der Waals surface area contributed by atoms with Gasteiger partial charge in [0, 0.05) is 10.6 Å². The molecule has 0 aliphatic carbocycles. The normalized spacial score (nSPS) is 11.7. The predicted octanol–water partition coefficient (Wildman–Crippen LogP) is 2.86. The van der Waals surface area contributed by atoms with Crippen LogP contribution in [0.25, 0.3) is 0 Å². The van der Waals surface area contributed by atoms with Crippen LogP contribution in [-0.2, 0) is 9.53 Å². The van der Waals surface area contributed by atoms with E-state index in [1.54, 1.807) is 30.3 Å². The summed E-state index contributed by atoms with van der Waals surface area (Å²) in [4.78, 5) is 23.4. The number of halogens is 2. The standard InChI is InChI=1S/C15H11ClFNO3/c16-10-6-7-12(17)11(8-10)15(20)21-13(14(18)19)9-4-2-1-3-5-9/h1-8,13H,(H2,18,19)/t13-/m1/s1. The molecule has 2 aromatic carbocycles. The molecule has 0 radical (unpaired) electrons. The maximum atomic E-state index is 13.6. The molecule has 2 aromatic rings. The van der Waals surface area contributed by atoms with Gasteiger partial charge in [0.25, 0.3) is 5.91 Å². The Morgan fingerprint density at radius 1 is 1.14 bits per heavy atom. The Kier molecular flexibility index (Phi) is 4.55. The number of esters is 1. The first-order valence-corrected chi connectivity index (χ1v) is 6.37. The van der Waals surface area contributed by atoms with Crippen LogP contribution < -0.4 is 5.73 Å². The number of nitrogens with two attached hydrogens (primary N) is 1. The van der Waals surface area contributed by atoms with Gasteiger partial charge >= 0.3 is 5.97 Å². The van der Waals surface area contributed by atoms with E-state index in [0.29, 0.717) is 5.56 Å². The molecule has 1 amide bonds. The molecular formula is C15H11ClFNO3. The van der Waals surface area contributed by atoms with E-state index in [1.807, 2.05) is 0 Å². The van der Waals surface area contributed by atoms with Gasteiger partial charge in [-0.2, -0.15) is 0 Å². The van der Waals surface area contributed by atoms with Crippen molar-refractivity contribution in [2.75, 3.05) is 0 Å². The van der Waals surface area contributed by atoms with E-state index >= 15 is 0 Å². The molecule has 0 unspecified atom stereocenters. The van der Waals surface area contributed by atoms with Gasteiger partial charge < -0.3 is 10.5 Å². The molecule has 4 nitrogen and oxygen atoms in total. The van der Waals surface area contributed by atoms with Crippen molar-refractivity contribution in [3.63, 3.8) is 0 Å². The lowest BCUT2D eigenvalue weighted by atomic mass is 10.1. The van der Waals surface area contributed by atoms with Crippen molar-refractivity contribution in [3.8, 4) is 0 Å². The third-order valence-corrected chi connectivity index (χ3v) is 2.97. The molecule has 0 fully saturated rings. The fourth-order valence-electron chi connectivity index (χ4n) is 1.74. The number of primary amides is 1. The first-order chi connectivity index (χ1) is 9.99. The van der Waals surface area contributed by atoms with E-state index in [9.17, 15) is 14.0 Å². The van der Waals surface area contributed by atoms with Gasteiger partial charge in [0.2, 0.25) is 6.10 Å². The highest BCUT2D eigenvalue weighted by Gasteiger charge is 2.24. The fourth-order valence-corrected chi connectivity index (χ4v) is 1.91. The van der Waals surface area contributed by atoms with E-state index in [2.05, 4.69) is 0 Å². The average molecular weight is 308 g/mol. The Morgan fingerprint density at radius 3 is 2.43 bits per heavy atom. The van der Waals surface area contributed by atoms with Gasteiger partial charge in [0.15, 0.2) is 0 Å². The van der Waals surface area contributed by atoms with Gasteiger partial charge in [-0.3, -0.25) is 4.79 Å². The molecule has 6 heteroatoms. The van der Waals surface area contributed by atoms with Gasteiger partial charge in [-0.25, -0.2) is 9.18 Å². The summed E-state index contributed by atoms with van der Waals surface area (Å²) in [5, 5.41) is 0.179. The van der Waals surface area contributed by atoms with Crippen LogP contribution in [0.1, 0.15) is 22.0 Å². The zero-order valence-corrected chi connectivity index (χ0v) is 11.5. The maximum Gasteiger partial charge on any atom is 0.342 e. The molecule has 0 spiro atoms. The van der Waals surface area contributed by atoms with Crippen LogP contribution in [0.4, 0.5) is 4.39 Å². The summed E-state index contributed by atoms with van der Waals surface area (Å²) in [6.45, 7) is 0. The third kappa shape index (κ3) is 3.58. The first-order valence-electron chi connectivity index (χ1n) is 5.99. The highest BCUT2D eigenvalue weighted by molar-refractivity contribution is 6.30. The Morgan fingerprint density at radius 2 is 1.81 bits per heavy atom. The largest absolute Gasteiger partial charge is 0.444 e. The van der Waals surface area contributed by atoms with Crippen LogP contribution in [0.2, 0.25) is 5.02 Å². The SMILES string of the molecule is NC(=O)[C@H](OC(=O)c1cc(Cl)ccc1F)c1ccccc1. The van der Waals surface area contributed by atoms with Crippen LogP contribution in [0.3, 0.4) is 0 Å². The zero-order valence-electron chi connectivity index (χ0n) is 10.8. The zero-order chi connectivity index (χ0) is 15.4. The lowest BCUT2D eigenvalue weighted by Crippen LogP contribution is -2.26. The molecule has 0 heterocycles. The maximum absolute atomic E-state index is 13.6. The van der Waals surface area contributed by atoms with Crippen molar-refractivity contribution in [1.29, 1.82) is 0 Å². The second-order valence-corrected chi connectivity index (χ2v) is 4.66. The number of rotatable bonds is 4. The Hall–Kier alpha value is -2.40. The smallest absolute Gasteiger partial charge is 0.342 e. The Bertz CT molecular complexity index is 676. The minimum absolute atomic E-state index is 0.179. The number of carbonyl (C=O) groups is 2. The van der Waals surface area contributed by atoms with Gasteiger partial charge in [-0.05, 0) is 18.2 Å². The summed E-state index contributed by atoms with van der Waals surface area (Å²) < 4.78 is 18.6. The van der Waals surface area contributed by atoms with Crippen LogP contribution in [0, 0.1) is 5.82 Å². The molecule has 0 aromatic heterocycles. The average Bonchev–Trinajstić information content (AvgIpc) is 2.47. The Labute approximate surface area is 125 Å². The minimum Gasteiger partial charge on any atom is -0.444 e. The number of ether oxygens (including phenoxy) is 1. The molecule has 0 aliphatic rings. The van der Waals surface area contributed by atoms with Crippen LogP contribution in [-0.4, -0.2) is 11.9 Å². The molecule has 0 bridgehead atoms. The van der Waals surface area contributed by atoms with Crippen molar-refractivity contribution in [2.24, 2.45) is 5.73 Å². The van der Waals surface area contributed by atoms with Gasteiger partial charge in [-0.1, -0.05) is 41.9 Å².